The van der Waals surface area contributed by atoms with Crippen molar-refractivity contribution in [2.75, 3.05) is 5.32 Å². The van der Waals surface area contributed by atoms with E-state index in [4.69, 9.17) is 10.9 Å². The van der Waals surface area contributed by atoms with Gasteiger partial charge in [0.15, 0.2) is 5.84 Å². The second-order valence-corrected chi connectivity index (χ2v) is 5.06. The van der Waals surface area contributed by atoms with E-state index in [-0.39, 0.29) is 11.4 Å². The number of oxime groups is 1. The zero-order valence-corrected chi connectivity index (χ0v) is 12.3. The summed E-state index contributed by atoms with van der Waals surface area (Å²) in [6.07, 6.45) is 0. The first-order valence-corrected chi connectivity index (χ1v) is 6.65. The van der Waals surface area contributed by atoms with E-state index < -0.39 is 11.7 Å². The third-order valence-electron chi connectivity index (χ3n) is 2.72. The van der Waals surface area contributed by atoms with Crippen LogP contribution >= 0.6 is 15.9 Å². The molecule has 0 atom stereocenters. The molecule has 0 spiro atoms. The van der Waals surface area contributed by atoms with Gasteiger partial charge in [0, 0.05) is 15.7 Å². The van der Waals surface area contributed by atoms with E-state index in [0.717, 1.165) is 0 Å². The minimum Gasteiger partial charge on any atom is -0.409 e. The Kier molecular flexibility index (Phi) is 4.54. The SMILES string of the molecule is N/C(=N/O)c1ccc(NC(=O)c2ccc(Br)cc2F)cc1. The fraction of sp³-hybridized carbons (Fsp3) is 0. The van der Waals surface area contributed by atoms with Gasteiger partial charge in [0.1, 0.15) is 5.82 Å². The highest BCUT2D eigenvalue weighted by Gasteiger charge is 2.12. The Balaban J connectivity index is 2.16. The first-order valence-electron chi connectivity index (χ1n) is 5.85. The van der Waals surface area contributed by atoms with Gasteiger partial charge in [0.25, 0.3) is 5.91 Å². The van der Waals surface area contributed by atoms with Crippen LogP contribution in [0.25, 0.3) is 0 Å². The van der Waals surface area contributed by atoms with Crippen LogP contribution in [0.4, 0.5) is 10.1 Å². The fourth-order valence-corrected chi connectivity index (χ4v) is 1.99. The Hall–Kier alpha value is -2.41. The molecule has 0 aliphatic heterocycles. The van der Waals surface area contributed by atoms with Crippen LogP contribution in [-0.4, -0.2) is 17.0 Å². The Morgan fingerprint density at radius 3 is 2.48 bits per heavy atom. The monoisotopic (exact) mass is 351 g/mol. The van der Waals surface area contributed by atoms with Gasteiger partial charge < -0.3 is 16.3 Å². The van der Waals surface area contributed by atoms with Crippen molar-refractivity contribution >= 4 is 33.4 Å². The first kappa shape index (κ1) is 15.0. The molecule has 4 N–H and O–H groups in total. The number of benzene rings is 2. The molecule has 1 amide bonds. The second kappa shape index (κ2) is 6.36. The van der Waals surface area contributed by atoms with Crippen molar-refractivity contribution in [3.63, 3.8) is 0 Å². The zero-order valence-electron chi connectivity index (χ0n) is 10.7. The van der Waals surface area contributed by atoms with E-state index >= 15 is 0 Å². The predicted molar refractivity (Wildman–Crippen MR) is 81.0 cm³/mol. The van der Waals surface area contributed by atoms with Gasteiger partial charge in [-0.3, -0.25) is 4.79 Å². The Bertz CT molecular complexity index is 702. The Morgan fingerprint density at radius 2 is 1.90 bits per heavy atom. The van der Waals surface area contributed by atoms with Gasteiger partial charge in [-0.25, -0.2) is 4.39 Å². The smallest absolute Gasteiger partial charge is 0.258 e. The maximum atomic E-state index is 13.7. The summed E-state index contributed by atoms with van der Waals surface area (Å²) in [5.74, 6) is -1.21. The number of halogens is 2. The number of hydrogen-bond donors (Lipinski definition) is 3. The van der Waals surface area contributed by atoms with Crippen molar-refractivity contribution in [1.82, 2.24) is 0 Å². The van der Waals surface area contributed by atoms with Crippen LogP contribution in [0.1, 0.15) is 15.9 Å². The third kappa shape index (κ3) is 3.57. The maximum absolute atomic E-state index is 13.7. The van der Waals surface area contributed by atoms with Gasteiger partial charge >= 0.3 is 0 Å². The van der Waals surface area contributed by atoms with Crippen LogP contribution in [0.15, 0.2) is 52.1 Å². The summed E-state index contributed by atoms with van der Waals surface area (Å²) in [5.41, 5.74) is 6.35. The number of amidine groups is 1. The number of hydrogen-bond acceptors (Lipinski definition) is 3. The molecule has 0 aliphatic carbocycles. The summed E-state index contributed by atoms with van der Waals surface area (Å²) in [6.45, 7) is 0. The highest BCUT2D eigenvalue weighted by molar-refractivity contribution is 9.10. The molecular weight excluding hydrogens is 341 g/mol. The van der Waals surface area contributed by atoms with Crippen LogP contribution in [-0.2, 0) is 0 Å². The number of nitrogens with zero attached hydrogens (tertiary/aromatic N) is 1. The van der Waals surface area contributed by atoms with Crippen molar-refractivity contribution in [2.45, 2.75) is 0 Å². The van der Waals surface area contributed by atoms with Gasteiger partial charge in [0.2, 0.25) is 0 Å². The van der Waals surface area contributed by atoms with Crippen LogP contribution < -0.4 is 11.1 Å². The molecule has 0 aliphatic rings. The molecule has 0 fully saturated rings. The van der Waals surface area contributed by atoms with Crippen molar-refractivity contribution in [3.8, 4) is 0 Å². The number of rotatable bonds is 3. The van der Waals surface area contributed by atoms with Crippen LogP contribution in [0.3, 0.4) is 0 Å². The molecule has 7 heteroatoms. The summed E-state index contributed by atoms with van der Waals surface area (Å²) < 4.78 is 14.2. The van der Waals surface area contributed by atoms with Crippen molar-refractivity contribution < 1.29 is 14.4 Å². The largest absolute Gasteiger partial charge is 0.409 e. The number of anilines is 1. The summed E-state index contributed by atoms with van der Waals surface area (Å²) in [4.78, 5) is 12.0. The molecule has 2 aromatic carbocycles. The normalized spacial score (nSPS) is 11.2. The van der Waals surface area contributed by atoms with Crippen molar-refractivity contribution in [3.05, 3.63) is 63.9 Å². The lowest BCUT2D eigenvalue weighted by molar-refractivity contribution is 0.102. The van der Waals surface area contributed by atoms with Gasteiger partial charge in [0.05, 0.1) is 5.56 Å². The maximum Gasteiger partial charge on any atom is 0.258 e. The molecule has 5 nitrogen and oxygen atoms in total. The standard InChI is InChI=1S/C14H11BrFN3O2/c15-9-3-6-11(12(16)7-9)14(20)18-10-4-1-8(2-5-10)13(17)19-21/h1-7,21H,(H2,17,19)(H,18,20). The minimum atomic E-state index is -0.616. The molecule has 0 aromatic heterocycles. The number of nitrogens with two attached hydrogens (primary N) is 1. The Labute approximate surface area is 128 Å². The van der Waals surface area contributed by atoms with E-state index in [9.17, 15) is 9.18 Å². The van der Waals surface area contributed by atoms with Crippen LogP contribution in [0, 0.1) is 5.82 Å². The molecular formula is C14H11BrFN3O2. The fourth-order valence-electron chi connectivity index (χ4n) is 1.65. The lowest BCUT2D eigenvalue weighted by Gasteiger charge is -2.07. The lowest BCUT2D eigenvalue weighted by atomic mass is 10.1. The summed E-state index contributed by atoms with van der Waals surface area (Å²) in [7, 11) is 0. The molecule has 2 rings (SSSR count). The number of amides is 1. The number of carbonyl (C=O) groups excluding carboxylic acids is 1. The molecule has 0 radical (unpaired) electrons. The zero-order chi connectivity index (χ0) is 15.4. The molecule has 0 heterocycles. The third-order valence-corrected chi connectivity index (χ3v) is 3.22. The van der Waals surface area contributed by atoms with Crippen LogP contribution in [0.5, 0.6) is 0 Å². The van der Waals surface area contributed by atoms with E-state index in [0.29, 0.717) is 15.7 Å². The highest BCUT2D eigenvalue weighted by Crippen LogP contribution is 2.17. The average molecular weight is 352 g/mol. The molecule has 21 heavy (non-hydrogen) atoms. The predicted octanol–water partition coefficient (Wildman–Crippen LogP) is 2.94. The molecule has 0 saturated heterocycles. The van der Waals surface area contributed by atoms with E-state index in [1.165, 1.54) is 12.1 Å². The average Bonchev–Trinajstić information content (AvgIpc) is 2.47. The van der Waals surface area contributed by atoms with Gasteiger partial charge in [-0.2, -0.15) is 0 Å². The molecule has 108 valence electrons. The minimum absolute atomic E-state index is 0.0353. The Morgan fingerprint density at radius 1 is 1.24 bits per heavy atom. The van der Waals surface area contributed by atoms with Crippen LogP contribution in [0.2, 0.25) is 0 Å². The van der Waals surface area contributed by atoms with Gasteiger partial charge in [-0.15, -0.1) is 0 Å². The topological polar surface area (TPSA) is 87.7 Å². The summed E-state index contributed by atoms with van der Waals surface area (Å²) in [6, 6.07) is 10.5. The molecule has 0 unspecified atom stereocenters. The molecule has 0 saturated carbocycles. The number of carbonyl (C=O) groups is 1. The summed E-state index contributed by atoms with van der Waals surface area (Å²) >= 11 is 3.13. The van der Waals surface area contributed by atoms with Gasteiger partial charge in [-0.1, -0.05) is 21.1 Å². The van der Waals surface area contributed by atoms with E-state index in [1.54, 1.807) is 30.3 Å². The summed E-state index contributed by atoms with van der Waals surface area (Å²) in [5, 5.41) is 14.0. The first-order chi connectivity index (χ1) is 10.0. The van der Waals surface area contributed by atoms with E-state index in [2.05, 4.69) is 26.4 Å². The second-order valence-electron chi connectivity index (χ2n) is 4.14. The van der Waals surface area contributed by atoms with Crippen molar-refractivity contribution in [1.29, 1.82) is 0 Å². The highest BCUT2D eigenvalue weighted by atomic mass is 79.9. The van der Waals surface area contributed by atoms with Crippen molar-refractivity contribution in [2.24, 2.45) is 10.9 Å². The molecule has 0 bridgehead atoms. The lowest BCUT2D eigenvalue weighted by Crippen LogP contribution is -2.15. The number of nitrogens with one attached hydrogen (secondary N) is 1. The van der Waals surface area contributed by atoms with E-state index in [1.807, 2.05) is 0 Å². The molecule has 2 aromatic rings. The van der Waals surface area contributed by atoms with Gasteiger partial charge in [-0.05, 0) is 42.5 Å². The quantitative estimate of drug-likeness (QED) is 0.344.